The van der Waals surface area contributed by atoms with Crippen molar-refractivity contribution < 1.29 is 27.8 Å². The molecule has 2 saturated heterocycles. The number of benzene rings is 1. The van der Waals surface area contributed by atoms with E-state index in [1.807, 2.05) is 0 Å². The second-order valence-electron chi connectivity index (χ2n) is 6.11. The second kappa shape index (κ2) is 6.82. The number of ether oxygens (including phenoxy) is 2. The van der Waals surface area contributed by atoms with E-state index in [2.05, 4.69) is 4.98 Å². The van der Waals surface area contributed by atoms with E-state index in [0.717, 1.165) is 0 Å². The van der Waals surface area contributed by atoms with Gasteiger partial charge in [-0.05, 0) is 30.3 Å². The summed E-state index contributed by atoms with van der Waals surface area (Å²) in [6.45, 7) is -0.0255. The van der Waals surface area contributed by atoms with E-state index in [9.17, 15) is 18.4 Å². The van der Waals surface area contributed by atoms with Crippen molar-refractivity contribution in [1.82, 2.24) is 4.98 Å². The monoisotopic (exact) mass is 375 g/mol. The minimum absolute atomic E-state index is 0.0380. The number of pyridine rings is 1. The fraction of sp³-hybridized carbons (Fsp3) is 0.278. The lowest BCUT2D eigenvalue weighted by Crippen LogP contribution is -2.25. The summed E-state index contributed by atoms with van der Waals surface area (Å²) in [5.74, 6) is -0.130. The van der Waals surface area contributed by atoms with Crippen molar-refractivity contribution >= 4 is 23.7 Å². The van der Waals surface area contributed by atoms with Gasteiger partial charge in [0.25, 0.3) is 0 Å². The largest absolute Gasteiger partial charge is 0.447 e. The van der Waals surface area contributed by atoms with Crippen LogP contribution in [0, 0.1) is 5.82 Å². The molecule has 9 heteroatoms. The zero-order valence-corrected chi connectivity index (χ0v) is 14.1. The van der Waals surface area contributed by atoms with E-state index in [1.54, 1.807) is 18.2 Å². The molecular formula is C18H15F2N3O4. The Bertz CT molecular complexity index is 891. The molecular weight excluding hydrogens is 360 g/mol. The first-order valence-electron chi connectivity index (χ1n) is 8.31. The van der Waals surface area contributed by atoms with Gasteiger partial charge in [0.1, 0.15) is 31.0 Å². The number of amides is 2. The Labute approximate surface area is 153 Å². The normalized spacial score (nSPS) is 19.4. The summed E-state index contributed by atoms with van der Waals surface area (Å²) in [5.41, 5.74) is 1.10. The van der Waals surface area contributed by atoms with Crippen LogP contribution in [-0.2, 0) is 9.47 Å². The molecule has 0 unspecified atom stereocenters. The van der Waals surface area contributed by atoms with Gasteiger partial charge in [0.2, 0.25) is 0 Å². The highest BCUT2D eigenvalue weighted by atomic mass is 19.1. The Morgan fingerprint density at radius 1 is 1.15 bits per heavy atom. The number of carbonyl (C=O) groups excluding carboxylic acids is 2. The summed E-state index contributed by atoms with van der Waals surface area (Å²) in [5, 5.41) is 0. The molecule has 27 heavy (non-hydrogen) atoms. The van der Waals surface area contributed by atoms with Crippen LogP contribution in [0.25, 0.3) is 11.1 Å². The van der Waals surface area contributed by atoms with Gasteiger partial charge in [-0.2, -0.15) is 0 Å². The SMILES string of the molecule is O=C1O[C@@H](CF)CN1c1ccc(-c2ccc(N3CCOC3=O)nc2)c(F)c1. The molecule has 0 aliphatic carbocycles. The Morgan fingerprint density at radius 3 is 2.59 bits per heavy atom. The van der Waals surface area contributed by atoms with Crippen molar-refractivity contribution in [2.45, 2.75) is 6.10 Å². The molecule has 1 atom stereocenters. The average molecular weight is 375 g/mol. The number of carbonyl (C=O) groups is 2. The number of nitrogens with zero attached hydrogens (tertiary/aromatic N) is 3. The standard InChI is InChI=1S/C18H15F2N3O4/c19-8-13-10-23(18(25)27-13)12-2-3-14(15(20)7-12)11-1-4-16(21-9-11)22-5-6-26-17(22)24/h1-4,7,9,13H,5-6,8,10H2/t13-/m0/s1. The molecule has 0 saturated carbocycles. The van der Waals surface area contributed by atoms with E-state index in [0.29, 0.717) is 30.2 Å². The van der Waals surface area contributed by atoms with Gasteiger partial charge in [0.15, 0.2) is 0 Å². The molecule has 2 aromatic rings. The number of rotatable bonds is 4. The quantitative estimate of drug-likeness (QED) is 0.821. The van der Waals surface area contributed by atoms with Gasteiger partial charge in [0.05, 0.1) is 18.8 Å². The molecule has 1 aromatic heterocycles. The van der Waals surface area contributed by atoms with Crippen LogP contribution < -0.4 is 9.80 Å². The lowest BCUT2D eigenvalue weighted by molar-refractivity contribution is 0.124. The number of halogens is 2. The van der Waals surface area contributed by atoms with Crippen molar-refractivity contribution in [1.29, 1.82) is 0 Å². The molecule has 0 radical (unpaired) electrons. The number of anilines is 2. The van der Waals surface area contributed by atoms with E-state index in [1.165, 1.54) is 28.1 Å². The summed E-state index contributed by atoms with van der Waals surface area (Å²) in [6, 6.07) is 7.53. The molecule has 2 fully saturated rings. The fourth-order valence-corrected chi connectivity index (χ4v) is 3.03. The average Bonchev–Trinajstić information content (AvgIpc) is 3.27. The number of alkyl halides is 1. The summed E-state index contributed by atoms with van der Waals surface area (Å²) in [6.07, 6.45) is -0.542. The van der Waals surface area contributed by atoms with E-state index >= 15 is 0 Å². The van der Waals surface area contributed by atoms with Crippen LogP contribution in [-0.4, -0.2) is 49.6 Å². The van der Waals surface area contributed by atoms with Gasteiger partial charge in [-0.1, -0.05) is 0 Å². The molecule has 2 aliphatic rings. The molecule has 4 rings (SSSR count). The molecule has 1 aromatic carbocycles. The highest BCUT2D eigenvalue weighted by Crippen LogP contribution is 2.29. The Balaban J connectivity index is 1.56. The van der Waals surface area contributed by atoms with Crippen LogP contribution in [0.3, 0.4) is 0 Å². The zero-order chi connectivity index (χ0) is 19.0. The highest BCUT2D eigenvalue weighted by molar-refractivity contribution is 5.90. The third kappa shape index (κ3) is 3.16. The van der Waals surface area contributed by atoms with Crippen molar-refractivity contribution in [2.24, 2.45) is 0 Å². The molecule has 0 N–H and O–H groups in total. The van der Waals surface area contributed by atoms with Gasteiger partial charge < -0.3 is 9.47 Å². The van der Waals surface area contributed by atoms with Crippen LogP contribution in [0.15, 0.2) is 36.5 Å². The number of hydrogen-bond donors (Lipinski definition) is 0. The maximum atomic E-state index is 14.6. The predicted molar refractivity (Wildman–Crippen MR) is 91.9 cm³/mol. The van der Waals surface area contributed by atoms with Gasteiger partial charge in [-0.25, -0.2) is 23.4 Å². The Hall–Kier alpha value is -3.23. The van der Waals surface area contributed by atoms with E-state index < -0.39 is 30.8 Å². The van der Waals surface area contributed by atoms with Crippen LogP contribution in [0.1, 0.15) is 0 Å². The lowest BCUT2D eigenvalue weighted by Gasteiger charge is -2.15. The first kappa shape index (κ1) is 17.2. The van der Waals surface area contributed by atoms with E-state index in [-0.39, 0.29) is 12.1 Å². The minimum atomic E-state index is -0.839. The van der Waals surface area contributed by atoms with Crippen LogP contribution in [0.4, 0.5) is 29.9 Å². The number of aromatic nitrogens is 1. The maximum Gasteiger partial charge on any atom is 0.415 e. The van der Waals surface area contributed by atoms with Crippen LogP contribution in [0.2, 0.25) is 0 Å². The topological polar surface area (TPSA) is 72.0 Å². The van der Waals surface area contributed by atoms with E-state index in [4.69, 9.17) is 9.47 Å². The molecule has 2 amide bonds. The second-order valence-corrected chi connectivity index (χ2v) is 6.11. The van der Waals surface area contributed by atoms with Gasteiger partial charge in [0, 0.05) is 17.3 Å². The fourth-order valence-electron chi connectivity index (χ4n) is 3.03. The van der Waals surface area contributed by atoms with Crippen LogP contribution in [0.5, 0.6) is 0 Å². The Morgan fingerprint density at radius 2 is 2.00 bits per heavy atom. The van der Waals surface area contributed by atoms with Crippen molar-refractivity contribution in [3.8, 4) is 11.1 Å². The molecule has 140 valence electrons. The van der Waals surface area contributed by atoms with Crippen molar-refractivity contribution in [3.63, 3.8) is 0 Å². The molecule has 7 nitrogen and oxygen atoms in total. The predicted octanol–water partition coefficient (Wildman–Crippen LogP) is 3.14. The third-order valence-corrected chi connectivity index (χ3v) is 4.41. The first-order valence-corrected chi connectivity index (χ1v) is 8.31. The molecule has 3 heterocycles. The molecule has 0 bridgehead atoms. The molecule has 0 spiro atoms. The van der Waals surface area contributed by atoms with Gasteiger partial charge in [-0.3, -0.25) is 9.80 Å². The number of cyclic esters (lactones) is 2. The highest BCUT2D eigenvalue weighted by Gasteiger charge is 2.32. The van der Waals surface area contributed by atoms with Crippen LogP contribution >= 0.6 is 0 Å². The number of hydrogen-bond acceptors (Lipinski definition) is 5. The lowest BCUT2D eigenvalue weighted by atomic mass is 10.1. The van der Waals surface area contributed by atoms with Crippen molar-refractivity contribution in [2.75, 3.05) is 36.2 Å². The van der Waals surface area contributed by atoms with Gasteiger partial charge in [-0.15, -0.1) is 0 Å². The summed E-state index contributed by atoms with van der Waals surface area (Å²) >= 11 is 0. The smallest absolute Gasteiger partial charge is 0.415 e. The third-order valence-electron chi connectivity index (χ3n) is 4.41. The maximum absolute atomic E-state index is 14.6. The first-order chi connectivity index (χ1) is 13.1. The summed E-state index contributed by atoms with van der Waals surface area (Å²) in [7, 11) is 0. The summed E-state index contributed by atoms with van der Waals surface area (Å²) < 4.78 is 37.0. The summed E-state index contributed by atoms with van der Waals surface area (Å²) in [4.78, 5) is 30.1. The molecule has 2 aliphatic heterocycles. The van der Waals surface area contributed by atoms with Crippen molar-refractivity contribution in [3.05, 3.63) is 42.3 Å². The van der Waals surface area contributed by atoms with Gasteiger partial charge >= 0.3 is 12.2 Å². The zero-order valence-electron chi connectivity index (χ0n) is 14.1. The Kier molecular flexibility index (Phi) is 4.35. The minimum Gasteiger partial charge on any atom is -0.447 e.